The Hall–Kier alpha value is -1.80. The first-order chi connectivity index (χ1) is 10.3. The van der Waals surface area contributed by atoms with Crippen LogP contribution in [0.3, 0.4) is 0 Å². The van der Waals surface area contributed by atoms with Gasteiger partial charge in [-0.1, -0.05) is 12.1 Å². The first-order valence-electron chi connectivity index (χ1n) is 7.13. The van der Waals surface area contributed by atoms with Crippen molar-refractivity contribution in [1.29, 1.82) is 0 Å². The normalized spacial score (nSPS) is 19.6. The van der Waals surface area contributed by atoms with Crippen LogP contribution in [0.4, 0.5) is 4.39 Å². The summed E-state index contributed by atoms with van der Waals surface area (Å²) < 4.78 is 27.7. The van der Waals surface area contributed by atoms with Crippen molar-refractivity contribution in [1.82, 2.24) is 20.2 Å². The molecule has 0 N–H and O–H groups in total. The number of nitrogens with zero attached hydrogens (tertiary/aromatic N) is 4. The summed E-state index contributed by atoms with van der Waals surface area (Å²) in [6, 6.07) is 4.98. The van der Waals surface area contributed by atoms with Gasteiger partial charge in [-0.15, -0.1) is 5.10 Å². The van der Waals surface area contributed by atoms with Crippen molar-refractivity contribution in [2.24, 2.45) is 0 Å². The summed E-state index contributed by atoms with van der Waals surface area (Å²) in [6.07, 6.45) is 1.49. The van der Waals surface area contributed by atoms with Crippen molar-refractivity contribution in [2.75, 3.05) is 0 Å². The van der Waals surface area contributed by atoms with Crippen LogP contribution >= 0.6 is 0 Å². The van der Waals surface area contributed by atoms with E-state index in [2.05, 4.69) is 15.5 Å². The number of hydrogen-bond acceptors (Lipinski definition) is 5. The number of aromatic nitrogens is 4. The molecule has 1 aliphatic heterocycles. The van der Waals surface area contributed by atoms with Crippen LogP contribution in [0.15, 0.2) is 24.5 Å². The van der Waals surface area contributed by atoms with Gasteiger partial charge in [-0.25, -0.2) is 9.07 Å². The molecule has 0 unspecified atom stereocenters. The third-order valence-corrected chi connectivity index (χ3v) is 4.31. The predicted octanol–water partition coefficient (Wildman–Crippen LogP) is 1.16. The molecule has 0 saturated carbocycles. The zero-order valence-corrected chi connectivity index (χ0v) is 13.1. The van der Waals surface area contributed by atoms with Crippen LogP contribution in [0.5, 0.6) is 0 Å². The number of rotatable bonds is 3. The lowest BCUT2D eigenvalue weighted by Crippen LogP contribution is -2.41. The summed E-state index contributed by atoms with van der Waals surface area (Å²) in [5.41, 5.74) is 0.189. The molecule has 0 atom stereocenters. The summed E-state index contributed by atoms with van der Waals surface area (Å²) >= 11 is 0. The highest BCUT2D eigenvalue weighted by atomic mass is 19.1. The molecule has 1 fully saturated rings. The quantitative estimate of drug-likeness (QED) is 0.796. The Bertz CT molecular complexity index is 659. The minimum Gasteiger partial charge on any atom is -0.399 e. The Morgan fingerprint density at radius 1 is 1.18 bits per heavy atom. The molecule has 2 heterocycles. The van der Waals surface area contributed by atoms with Crippen molar-refractivity contribution in [2.45, 2.75) is 45.4 Å². The summed E-state index contributed by atoms with van der Waals surface area (Å²) in [4.78, 5) is 0. The van der Waals surface area contributed by atoms with Crippen LogP contribution in [-0.2, 0) is 15.9 Å². The average molecular weight is 304 g/mol. The maximum atomic E-state index is 14.4. The molecule has 0 bridgehead atoms. The maximum absolute atomic E-state index is 14.4. The topological polar surface area (TPSA) is 62.1 Å². The second-order valence-corrected chi connectivity index (χ2v) is 6.45. The number of hydrogen-bond donors (Lipinski definition) is 0. The number of benzene rings is 1. The van der Waals surface area contributed by atoms with Crippen molar-refractivity contribution >= 4 is 12.6 Å². The van der Waals surface area contributed by atoms with Crippen LogP contribution in [-0.4, -0.2) is 38.5 Å². The molecular formula is C14H18BFN4O2. The molecule has 6 nitrogen and oxygen atoms in total. The van der Waals surface area contributed by atoms with E-state index in [4.69, 9.17) is 9.31 Å². The van der Waals surface area contributed by atoms with E-state index < -0.39 is 18.3 Å². The largest absolute Gasteiger partial charge is 0.497 e. The molecule has 0 amide bonds. The Kier molecular flexibility index (Phi) is 3.53. The second-order valence-electron chi connectivity index (χ2n) is 6.45. The van der Waals surface area contributed by atoms with Crippen LogP contribution in [0.1, 0.15) is 33.3 Å². The first-order valence-corrected chi connectivity index (χ1v) is 7.13. The minimum absolute atomic E-state index is 0.357. The minimum atomic E-state index is -0.702. The van der Waals surface area contributed by atoms with Gasteiger partial charge in [-0.05, 0) is 49.8 Å². The molecule has 0 aliphatic carbocycles. The fourth-order valence-electron chi connectivity index (χ4n) is 2.27. The Balaban J connectivity index is 1.81. The first kappa shape index (κ1) is 15.1. The number of halogens is 1. The van der Waals surface area contributed by atoms with Crippen molar-refractivity contribution in [3.05, 3.63) is 35.9 Å². The molecule has 22 heavy (non-hydrogen) atoms. The van der Waals surface area contributed by atoms with Gasteiger partial charge in [0, 0.05) is 5.46 Å². The average Bonchev–Trinajstić information content (AvgIpc) is 2.96. The Labute approximate surface area is 128 Å². The monoisotopic (exact) mass is 304 g/mol. The van der Waals surface area contributed by atoms with Gasteiger partial charge in [-0.2, -0.15) is 0 Å². The van der Waals surface area contributed by atoms with Crippen molar-refractivity contribution in [3.63, 3.8) is 0 Å². The van der Waals surface area contributed by atoms with Crippen LogP contribution in [0, 0.1) is 5.82 Å². The summed E-state index contributed by atoms with van der Waals surface area (Å²) in [5.74, 6) is -0.357. The van der Waals surface area contributed by atoms with Crippen molar-refractivity contribution < 1.29 is 13.7 Å². The maximum Gasteiger partial charge on any atom is 0.497 e. The Morgan fingerprint density at radius 2 is 1.86 bits per heavy atom. The van der Waals surface area contributed by atoms with E-state index in [0.717, 1.165) is 5.56 Å². The SMILES string of the molecule is CC1(C)OB(c2ccc(Cn3cnnn3)cc2F)OC1(C)C. The van der Waals surface area contributed by atoms with Crippen molar-refractivity contribution in [3.8, 4) is 0 Å². The highest BCUT2D eigenvalue weighted by molar-refractivity contribution is 6.62. The van der Waals surface area contributed by atoms with Crippen LogP contribution in [0.25, 0.3) is 0 Å². The molecule has 1 saturated heterocycles. The second kappa shape index (κ2) is 5.14. The van der Waals surface area contributed by atoms with Gasteiger partial charge in [0.25, 0.3) is 0 Å². The smallest absolute Gasteiger partial charge is 0.399 e. The van der Waals surface area contributed by atoms with E-state index >= 15 is 0 Å². The van der Waals surface area contributed by atoms with Gasteiger partial charge in [0.15, 0.2) is 0 Å². The third kappa shape index (κ3) is 2.64. The molecule has 1 aliphatic rings. The molecule has 0 spiro atoms. The van der Waals surface area contributed by atoms with Gasteiger partial charge < -0.3 is 9.31 Å². The van der Waals surface area contributed by atoms with Gasteiger partial charge in [-0.3, -0.25) is 0 Å². The predicted molar refractivity (Wildman–Crippen MR) is 79.0 cm³/mol. The summed E-state index contributed by atoms with van der Waals surface area (Å²) in [7, 11) is -0.702. The van der Waals surface area contributed by atoms with Gasteiger partial charge >= 0.3 is 7.12 Å². The lowest BCUT2D eigenvalue weighted by molar-refractivity contribution is 0.00578. The van der Waals surface area contributed by atoms with Gasteiger partial charge in [0.05, 0.1) is 17.7 Å². The van der Waals surface area contributed by atoms with E-state index in [1.165, 1.54) is 17.1 Å². The molecule has 8 heteroatoms. The highest BCUT2D eigenvalue weighted by Gasteiger charge is 2.52. The molecule has 116 valence electrons. The summed E-state index contributed by atoms with van der Waals surface area (Å²) in [6.45, 7) is 8.18. The van der Waals surface area contributed by atoms with E-state index in [1.54, 1.807) is 6.07 Å². The lowest BCUT2D eigenvalue weighted by Gasteiger charge is -2.32. The zero-order chi connectivity index (χ0) is 16.0. The van der Waals surface area contributed by atoms with E-state index in [1.807, 2.05) is 33.8 Å². The standard InChI is InChI=1S/C14H18BFN4O2/c1-13(2)14(3,4)22-15(21-13)11-6-5-10(7-12(11)16)8-20-9-17-18-19-20/h5-7,9H,8H2,1-4H3. The lowest BCUT2D eigenvalue weighted by atomic mass is 9.78. The van der Waals surface area contributed by atoms with Gasteiger partial charge in [0.1, 0.15) is 12.1 Å². The van der Waals surface area contributed by atoms with E-state index in [-0.39, 0.29) is 5.82 Å². The fraction of sp³-hybridized carbons (Fsp3) is 0.500. The molecule has 3 rings (SSSR count). The fourth-order valence-corrected chi connectivity index (χ4v) is 2.27. The van der Waals surface area contributed by atoms with Crippen LogP contribution in [0.2, 0.25) is 0 Å². The van der Waals surface area contributed by atoms with E-state index in [0.29, 0.717) is 12.0 Å². The molecule has 0 radical (unpaired) electrons. The van der Waals surface area contributed by atoms with E-state index in [9.17, 15) is 4.39 Å². The van der Waals surface area contributed by atoms with Crippen LogP contribution < -0.4 is 5.46 Å². The molecule has 1 aromatic heterocycles. The molecule has 2 aromatic rings. The highest BCUT2D eigenvalue weighted by Crippen LogP contribution is 2.36. The Morgan fingerprint density at radius 3 is 2.41 bits per heavy atom. The van der Waals surface area contributed by atoms with Gasteiger partial charge in [0.2, 0.25) is 0 Å². The number of tetrazole rings is 1. The summed E-state index contributed by atoms with van der Waals surface area (Å²) in [5, 5.41) is 10.9. The molecular weight excluding hydrogens is 286 g/mol. The third-order valence-electron chi connectivity index (χ3n) is 4.31. The molecule has 1 aromatic carbocycles. The zero-order valence-electron chi connectivity index (χ0n) is 13.1.